The van der Waals surface area contributed by atoms with Crippen molar-refractivity contribution in [1.82, 2.24) is 30.3 Å². The summed E-state index contributed by atoms with van der Waals surface area (Å²) in [7, 11) is 4.40. The Labute approximate surface area is 181 Å². The fraction of sp³-hybridized carbons (Fsp3) is 0.842. The second-order valence-corrected chi connectivity index (χ2v) is 7.74. The molecule has 0 aromatic carbocycles. The summed E-state index contributed by atoms with van der Waals surface area (Å²) >= 11 is 0. The Morgan fingerprint density at radius 3 is 2.78 bits per heavy atom. The average molecular weight is 491 g/mol. The molecule has 2 rings (SSSR count). The molecule has 1 aliphatic rings. The van der Waals surface area contributed by atoms with Crippen LogP contribution in [0.1, 0.15) is 52.3 Å². The van der Waals surface area contributed by atoms with Gasteiger partial charge in [0.05, 0.1) is 6.54 Å². The molecule has 7 nitrogen and oxygen atoms in total. The van der Waals surface area contributed by atoms with Gasteiger partial charge in [-0.25, -0.2) is 0 Å². The maximum Gasteiger partial charge on any atom is 0.191 e. The molecule has 2 unspecified atom stereocenters. The highest BCUT2D eigenvalue weighted by Crippen LogP contribution is 2.35. The van der Waals surface area contributed by atoms with Crippen molar-refractivity contribution in [3.8, 4) is 0 Å². The van der Waals surface area contributed by atoms with Crippen molar-refractivity contribution >= 4 is 29.9 Å². The van der Waals surface area contributed by atoms with Gasteiger partial charge in [0, 0.05) is 31.6 Å². The summed E-state index contributed by atoms with van der Waals surface area (Å²) < 4.78 is 2.10. The van der Waals surface area contributed by atoms with E-state index in [9.17, 15) is 0 Å². The molecule has 0 aliphatic heterocycles. The second kappa shape index (κ2) is 11.8. The molecule has 1 aromatic heterocycles. The van der Waals surface area contributed by atoms with E-state index in [-0.39, 0.29) is 29.5 Å². The van der Waals surface area contributed by atoms with Crippen LogP contribution in [0, 0.1) is 5.92 Å². The van der Waals surface area contributed by atoms with Gasteiger partial charge in [-0.3, -0.25) is 4.99 Å². The topological polar surface area (TPSA) is 70.4 Å². The zero-order chi connectivity index (χ0) is 19.0. The van der Waals surface area contributed by atoms with Gasteiger partial charge >= 0.3 is 0 Å². The molecule has 0 amide bonds. The molecular formula is C19H38IN7. The Morgan fingerprint density at radius 2 is 2.15 bits per heavy atom. The second-order valence-electron chi connectivity index (χ2n) is 7.74. The van der Waals surface area contributed by atoms with Crippen LogP contribution >= 0.6 is 24.0 Å². The SMILES string of the molecule is CCNC(=NCC1(N(C)C)CCCC(C)C1)NCCn1cnnc1CC.I. The van der Waals surface area contributed by atoms with Crippen molar-refractivity contribution in [3.05, 3.63) is 12.2 Å². The van der Waals surface area contributed by atoms with Crippen LogP contribution < -0.4 is 10.6 Å². The van der Waals surface area contributed by atoms with Crippen LogP contribution in [0.25, 0.3) is 0 Å². The van der Waals surface area contributed by atoms with E-state index in [1.165, 1.54) is 25.7 Å². The summed E-state index contributed by atoms with van der Waals surface area (Å²) in [6.45, 7) is 9.94. The highest BCUT2D eigenvalue weighted by Gasteiger charge is 2.36. The summed E-state index contributed by atoms with van der Waals surface area (Å²) in [4.78, 5) is 7.33. The number of aromatic nitrogens is 3. The molecule has 1 heterocycles. The van der Waals surface area contributed by atoms with Crippen molar-refractivity contribution in [1.29, 1.82) is 0 Å². The van der Waals surface area contributed by atoms with Gasteiger partial charge in [0.15, 0.2) is 5.96 Å². The molecule has 0 radical (unpaired) electrons. The number of aryl methyl sites for hydroxylation is 1. The fourth-order valence-corrected chi connectivity index (χ4v) is 3.93. The predicted molar refractivity (Wildman–Crippen MR) is 123 cm³/mol. The smallest absolute Gasteiger partial charge is 0.191 e. The van der Waals surface area contributed by atoms with Gasteiger partial charge in [0.1, 0.15) is 12.2 Å². The monoisotopic (exact) mass is 491 g/mol. The van der Waals surface area contributed by atoms with Crippen LogP contribution in [-0.4, -0.2) is 64.9 Å². The number of halogens is 1. The molecule has 2 atom stereocenters. The molecule has 8 heteroatoms. The number of guanidine groups is 1. The lowest BCUT2D eigenvalue weighted by molar-refractivity contribution is 0.0845. The van der Waals surface area contributed by atoms with E-state index in [0.29, 0.717) is 0 Å². The number of hydrogen-bond donors (Lipinski definition) is 2. The van der Waals surface area contributed by atoms with E-state index in [1.54, 1.807) is 6.33 Å². The van der Waals surface area contributed by atoms with E-state index in [2.05, 4.69) is 65.2 Å². The summed E-state index contributed by atoms with van der Waals surface area (Å²) in [5.41, 5.74) is 0.184. The standard InChI is InChI=1S/C19H37N7.HI/c1-6-17-24-23-15-26(17)12-11-21-18(20-7-2)22-14-19(25(4)5)10-8-9-16(3)13-19;/h15-16H,6-14H2,1-5H3,(H2,20,21,22);1H. The number of hydrogen-bond acceptors (Lipinski definition) is 4. The van der Waals surface area contributed by atoms with Gasteiger partial charge in [-0.1, -0.05) is 26.7 Å². The van der Waals surface area contributed by atoms with Crippen molar-refractivity contribution in [2.75, 3.05) is 33.7 Å². The van der Waals surface area contributed by atoms with E-state index in [0.717, 1.165) is 50.3 Å². The third kappa shape index (κ3) is 6.89. The molecule has 0 bridgehead atoms. The molecular weight excluding hydrogens is 453 g/mol. The predicted octanol–water partition coefficient (Wildman–Crippen LogP) is 2.52. The van der Waals surface area contributed by atoms with Crippen LogP contribution in [0.15, 0.2) is 11.3 Å². The van der Waals surface area contributed by atoms with E-state index in [4.69, 9.17) is 4.99 Å². The Morgan fingerprint density at radius 1 is 1.37 bits per heavy atom. The first-order valence-corrected chi connectivity index (χ1v) is 10.1. The molecule has 1 fully saturated rings. The average Bonchev–Trinajstić information content (AvgIpc) is 3.07. The molecule has 27 heavy (non-hydrogen) atoms. The molecule has 0 spiro atoms. The quantitative estimate of drug-likeness (QED) is 0.332. The first kappa shape index (κ1) is 24.1. The molecule has 0 saturated heterocycles. The number of likely N-dealkylation sites (N-methyl/N-ethyl adjacent to an activating group) is 1. The third-order valence-corrected chi connectivity index (χ3v) is 5.55. The zero-order valence-electron chi connectivity index (χ0n) is 17.7. The lowest BCUT2D eigenvalue weighted by Crippen LogP contribution is -2.51. The Balaban J connectivity index is 0.00000364. The summed E-state index contributed by atoms with van der Waals surface area (Å²) in [5, 5.41) is 15.0. The molecule has 1 saturated carbocycles. The van der Waals surface area contributed by atoms with Crippen molar-refractivity contribution in [3.63, 3.8) is 0 Å². The van der Waals surface area contributed by atoms with Crippen LogP contribution in [0.2, 0.25) is 0 Å². The minimum Gasteiger partial charge on any atom is -0.357 e. The number of nitrogens with zero attached hydrogens (tertiary/aromatic N) is 5. The van der Waals surface area contributed by atoms with Crippen LogP contribution in [0.5, 0.6) is 0 Å². The van der Waals surface area contributed by atoms with Crippen molar-refractivity contribution in [2.24, 2.45) is 10.9 Å². The van der Waals surface area contributed by atoms with Gasteiger partial charge < -0.3 is 20.1 Å². The van der Waals surface area contributed by atoms with Gasteiger partial charge in [-0.05, 0) is 39.8 Å². The first-order chi connectivity index (χ1) is 12.5. The lowest BCUT2D eigenvalue weighted by Gasteiger charge is -2.44. The summed E-state index contributed by atoms with van der Waals surface area (Å²) in [6.07, 6.45) is 7.80. The third-order valence-electron chi connectivity index (χ3n) is 5.55. The first-order valence-electron chi connectivity index (χ1n) is 10.1. The van der Waals surface area contributed by atoms with Crippen molar-refractivity contribution < 1.29 is 0 Å². The molecule has 1 aromatic rings. The molecule has 1 aliphatic carbocycles. The van der Waals surface area contributed by atoms with E-state index >= 15 is 0 Å². The summed E-state index contributed by atoms with van der Waals surface area (Å²) in [5.74, 6) is 2.70. The van der Waals surface area contributed by atoms with Crippen molar-refractivity contribution in [2.45, 2.75) is 65.0 Å². The highest BCUT2D eigenvalue weighted by atomic mass is 127. The van der Waals surface area contributed by atoms with Gasteiger partial charge in [0.2, 0.25) is 0 Å². The minimum atomic E-state index is 0. The van der Waals surface area contributed by atoms with Crippen LogP contribution in [-0.2, 0) is 13.0 Å². The molecule has 156 valence electrons. The van der Waals surface area contributed by atoms with E-state index in [1.807, 2.05) is 0 Å². The van der Waals surface area contributed by atoms with Crippen LogP contribution in [0.4, 0.5) is 0 Å². The number of nitrogens with one attached hydrogen (secondary N) is 2. The van der Waals surface area contributed by atoms with Crippen LogP contribution in [0.3, 0.4) is 0 Å². The van der Waals surface area contributed by atoms with E-state index < -0.39 is 0 Å². The zero-order valence-corrected chi connectivity index (χ0v) is 20.0. The van der Waals surface area contributed by atoms with Gasteiger partial charge in [-0.15, -0.1) is 34.2 Å². The largest absolute Gasteiger partial charge is 0.357 e. The Hall–Kier alpha value is -0.900. The minimum absolute atomic E-state index is 0. The van der Waals surface area contributed by atoms with Gasteiger partial charge in [0.25, 0.3) is 0 Å². The fourth-order valence-electron chi connectivity index (χ4n) is 3.93. The number of rotatable bonds is 8. The lowest BCUT2D eigenvalue weighted by atomic mass is 9.75. The maximum atomic E-state index is 4.94. The normalized spacial score (nSPS) is 23.2. The number of aliphatic imine (C=N–C) groups is 1. The van der Waals surface area contributed by atoms with Gasteiger partial charge in [-0.2, -0.15) is 0 Å². The highest BCUT2D eigenvalue weighted by molar-refractivity contribution is 14.0. The maximum absolute atomic E-state index is 4.94. The summed E-state index contributed by atoms with van der Waals surface area (Å²) in [6, 6.07) is 0. The molecule has 2 N–H and O–H groups in total. The Kier molecular flexibility index (Phi) is 10.6. The Bertz CT molecular complexity index is 572.